The lowest BCUT2D eigenvalue weighted by Crippen LogP contribution is -2.38. The number of rotatable bonds is 3. The summed E-state index contributed by atoms with van der Waals surface area (Å²) < 4.78 is 33.9. The maximum Gasteiger partial charge on any atom is 0.247 e. The van der Waals surface area contributed by atoms with Crippen LogP contribution in [0.25, 0.3) is 0 Å². The number of benzene rings is 1. The zero-order chi connectivity index (χ0) is 17.6. The Balaban J connectivity index is 1.74. The van der Waals surface area contributed by atoms with Gasteiger partial charge in [0.05, 0.1) is 18.8 Å². The van der Waals surface area contributed by atoms with Crippen LogP contribution in [0.4, 0.5) is 5.69 Å². The molecule has 4 rings (SSSR count). The molecule has 7 heteroatoms. The first-order valence-electron chi connectivity index (χ1n) is 9.21. The van der Waals surface area contributed by atoms with Gasteiger partial charge < -0.3 is 14.7 Å². The third-order valence-electron chi connectivity index (χ3n) is 5.47. The highest BCUT2D eigenvalue weighted by molar-refractivity contribution is 7.89. The Labute approximate surface area is 149 Å². The van der Waals surface area contributed by atoms with Crippen LogP contribution in [0.5, 0.6) is 5.75 Å². The van der Waals surface area contributed by atoms with Gasteiger partial charge in [-0.3, -0.25) is 0 Å². The molecule has 0 spiro atoms. The van der Waals surface area contributed by atoms with E-state index in [2.05, 4.69) is 4.90 Å². The van der Waals surface area contributed by atoms with Gasteiger partial charge in [0.2, 0.25) is 10.0 Å². The van der Waals surface area contributed by atoms with E-state index in [1.165, 1.54) is 0 Å². The Kier molecular flexibility index (Phi) is 4.42. The molecule has 138 valence electrons. The number of nitrogens with zero attached hydrogens (tertiary/aromatic N) is 2. The van der Waals surface area contributed by atoms with E-state index in [0.717, 1.165) is 37.9 Å². The highest BCUT2D eigenvalue weighted by atomic mass is 32.2. The first-order valence-corrected chi connectivity index (χ1v) is 10.6. The van der Waals surface area contributed by atoms with E-state index in [0.29, 0.717) is 18.7 Å². The van der Waals surface area contributed by atoms with Crippen molar-refractivity contribution in [1.82, 2.24) is 4.31 Å². The van der Waals surface area contributed by atoms with Crippen LogP contribution in [0.3, 0.4) is 0 Å². The molecule has 2 aliphatic heterocycles. The summed E-state index contributed by atoms with van der Waals surface area (Å²) in [6, 6.07) is 5.63. The Bertz CT molecular complexity index is 747. The molecule has 0 bridgehead atoms. The van der Waals surface area contributed by atoms with Crippen LogP contribution in [0.1, 0.15) is 39.0 Å². The zero-order valence-electron chi connectivity index (χ0n) is 14.6. The van der Waals surface area contributed by atoms with Crippen molar-refractivity contribution in [3.05, 3.63) is 18.2 Å². The van der Waals surface area contributed by atoms with Crippen LogP contribution in [-0.2, 0) is 10.0 Å². The Morgan fingerprint density at radius 3 is 2.72 bits per heavy atom. The lowest BCUT2D eigenvalue weighted by molar-refractivity contribution is 0.186. The SMILES string of the molecule is C[C@@H]1CCN(C2CC2)S(=O)(=O)c2ccc(N3CCC[C@H]3CO)cc2O1. The normalized spacial score (nSPS) is 29.6. The van der Waals surface area contributed by atoms with Crippen LogP contribution < -0.4 is 9.64 Å². The van der Waals surface area contributed by atoms with Crippen molar-refractivity contribution in [2.75, 3.05) is 24.6 Å². The molecule has 25 heavy (non-hydrogen) atoms. The molecule has 1 aromatic carbocycles. The molecule has 3 aliphatic rings. The van der Waals surface area contributed by atoms with E-state index >= 15 is 0 Å². The number of aliphatic hydroxyl groups excluding tert-OH is 1. The van der Waals surface area contributed by atoms with Crippen LogP contribution in [-0.4, -0.2) is 55.7 Å². The highest BCUT2D eigenvalue weighted by Gasteiger charge is 2.40. The number of fused-ring (bicyclic) bond motifs is 1. The minimum atomic E-state index is -3.52. The van der Waals surface area contributed by atoms with Crippen molar-refractivity contribution >= 4 is 15.7 Å². The standard InChI is InChI=1S/C18H26N2O4S/c1-13-8-10-20(14-4-5-14)25(22,23)18-7-6-15(11-17(18)24-13)19-9-2-3-16(19)12-21/h6-7,11,13-14,16,21H,2-5,8-10,12H2,1H3/t13-,16+/m1/s1. The van der Waals surface area contributed by atoms with Crippen molar-refractivity contribution in [3.63, 3.8) is 0 Å². The van der Waals surface area contributed by atoms with Gasteiger partial charge in [0, 0.05) is 30.9 Å². The average Bonchev–Trinajstić information content (AvgIpc) is 3.29. The lowest BCUT2D eigenvalue weighted by Gasteiger charge is -2.30. The molecule has 0 unspecified atom stereocenters. The molecule has 1 aliphatic carbocycles. The van der Waals surface area contributed by atoms with Crippen LogP contribution in [0.2, 0.25) is 0 Å². The van der Waals surface area contributed by atoms with Gasteiger partial charge in [-0.1, -0.05) is 0 Å². The van der Waals surface area contributed by atoms with Crippen LogP contribution in [0, 0.1) is 0 Å². The Morgan fingerprint density at radius 1 is 1.20 bits per heavy atom. The van der Waals surface area contributed by atoms with Crippen molar-refractivity contribution in [2.24, 2.45) is 0 Å². The number of anilines is 1. The van der Waals surface area contributed by atoms with E-state index in [4.69, 9.17) is 4.74 Å². The summed E-state index contributed by atoms with van der Waals surface area (Å²) in [6.45, 7) is 3.50. The van der Waals surface area contributed by atoms with Gasteiger partial charge in [0.25, 0.3) is 0 Å². The van der Waals surface area contributed by atoms with Gasteiger partial charge in [-0.2, -0.15) is 4.31 Å². The summed E-state index contributed by atoms with van der Waals surface area (Å²) in [6.07, 6.45) is 4.56. The summed E-state index contributed by atoms with van der Waals surface area (Å²) >= 11 is 0. The minimum Gasteiger partial charge on any atom is -0.489 e. The molecule has 1 N–H and O–H groups in total. The zero-order valence-corrected chi connectivity index (χ0v) is 15.4. The molecule has 1 saturated carbocycles. The van der Waals surface area contributed by atoms with Gasteiger partial charge in [0.1, 0.15) is 10.6 Å². The number of ether oxygens (including phenoxy) is 1. The molecule has 2 atom stereocenters. The maximum absolute atomic E-state index is 13.1. The minimum absolute atomic E-state index is 0.0297. The quantitative estimate of drug-likeness (QED) is 0.886. The second-order valence-corrected chi connectivity index (χ2v) is 9.23. The van der Waals surface area contributed by atoms with Crippen molar-refractivity contribution in [2.45, 2.75) is 62.1 Å². The monoisotopic (exact) mass is 366 g/mol. The second kappa shape index (κ2) is 6.45. The molecule has 0 amide bonds. The molecular weight excluding hydrogens is 340 g/mol. The highest BCUT2D eigenvalue weighted by Crippen LogP contribution is 2.39. The fraction of sp³-hybridized carbons (Fsp3) is 0.667. The van der Waals surface area contributed by atoms with Crippen LogP contribution >= 0.6 is 0 Å². The first kappa shape index (κ1) is 17.1. The third-order valence-corrected chi connectivity index (χ3v) is 7.46. The molecule has 1 aromatic rings. The van der Waals surface area contributed by atoms with Gasteiger partial charge in [-0.25, -0.2) is 8.42 Å². The molecular formula is C18H26N2O4S. The third kappa shape index (κ3) is 3.13. The largest absolute Gasteiger partial charge is 0.489 e. The second-order valence-electron chi connectivity index (χ2n) is 7.37. The Morgan fingerprint density at radius 2 is 2.00 bits per heavy atom. The predicted molar refractivity (Wildman–Crippen MR) is 95.5 cm³/mol. The molecule has 1 saturated heterocycles. The first-order chi connectivity index (χ1) is 12.0. The fourth-order valence-electron chi connectivity index (χ4n) is 3.92. The van der Waals surface area contributed by atoms with Crippen LogP contribution in [0.15, 0.2) is 23.1 Å². The Hall–Kier alpha value is -1.31. The molecule has 2 fully saturated rings. The van der Waals surface area contributed by atoms with Gasteiger partial charge in [0.15, 0.2) is 0 Å². The molecule has 6 nitrogen and oxygen atoms in total. The van der Waals surface area contributed by atoms with Crippen molar-refractivity contribution in [1.29, 1.82) is 0 Å². The van der Waals surface area contributed by atoms with E-state index in [1.54, 1.807) is 10.4 Å². The lowest BCUT2D eigenvalue weighted by atomic mass is 10.2. The number of sulfonamides is 1. The fourth-order valence-corrected chi connectivity index (χ4v) is 5.72. The van der Waals surface area contributed by atoms with Gasteiger partial charge in [-0.15, -0.1) is 0 Å². The smallest absolute Gasteiger partial charge is 0.247 e. The summed E-state index contributed by atoms with van der Waals surface area (Å²) in [7, 11) is -3.52. The molecule has 2 heterocycles. The van der Waals surface area contributed by atoms with Gasteiger partial charge >= 0.3 is 0 Å². The topological polar surface area (TPSA) is 70.1 Å². The van der Waals surface area contributed by atoms with Crippen molar-refractivity contribution < 1.29 is 18.3 Å². The average molecular weight is 366 g/mol. The van der Waals surface area contributed by atoms with E-state index in [9.17, 15) is 13.5 Å². The summed E-state index contributed by atoms with van der Waals surface area (Å²) in [4.78, 5) is 2.42. The van der Waals surface area contributed by atoms with E-state index in [1.807, 2.05) is 19.1 Å². The van der Waals surface area contributed by atoms with Gasteiger partial charge in [-0.05, 0) is 51.2 Å². The number of hydrogen-bond donors (Lipinski definition) is 1. The van der Waals surface area contributed by atoms with E-state index < -0.39 is 10.0 Å². The van der Waals surface area contributed by atoms with E-state index in [-0.39, 0.29) is 29.7 Å². The predicted octanol–water partition coefficient (Wildman–Crippen LogP) is 1.97. The summed E-state index contributed by atoms with van der Waals surface area (Å²) in [5.74, 6) is 0.443. The summed E-state index contributed by atoms with van der Waals surface area (Å²) in [5.41, 5.74) is 0.927. The number of hydrogen-bond acceptors (Lipinski definition) is 5. The summed E-state index contributed by atoms with van der Waals surface area (Å²) in [5, 5.41) is 9.57. The molecule has 0 aromatic heterocycles. The maximum atomic E-state index is 13.1. The number of aliphatic hydroxyl groups is 1. The van der Waals surface area contributed by atoms with Crippen molar-refractivity contribution in [3.8, 4) is 5.75 Å². The molecule has 0 radical (unpaired) electrons.